The fraction of sp³-hybridized carbons (Fsp3) is 0.211. The predicted molar refractivity (Wildman–Crippen MR) is 105 cm³/mol. The van der Waals surface area contributed by atoms with Crippen LogP contribution in [-0.4, -0.2) is 41.3 Å². The van der Waals surface area contributed by atoms with Gasteiger partial charge in [0, 0.05) is 24.2 Å². The van der Waals surface area contributed by atoms with E-state index in [4.69, 9.17) is 9.72 Å². The number of benzene rings is 2. The Morgan fingerprint density at radius 3 is 2.81 bits per heavy atom. The third kappa shape index (κ3) is 2.85. The summed E-state index contributed by atoms with van der Waals surface area (Å²) in [5.41, 5.74) is 2.95. The second kappa shape index (κ2) is 6.51. The van der Waals surface area contributed by atoms with E-state index >= 15 is 0 Å². The van der Waals surface area contributed by atoms with Crippen molar-refractivity contribution in [3.63, 3.8) is 0 Å². The minimum atomic E-state index is 0.767. The molecule has 0 aliphatic carbocycles. The first-order valence-corrected chi connectivity index (χ1v) is 9.38. The summed E-state index contributed by atoms with van der Waals surface area (Å²) in [6, 6.07) is 14.2. The van der Waals surface area contributed by atoms with E-state index in [1.165, 1.54) is 0 Å². The van der Waals surface area contributed by atoms with E-state index in [1.54, 1.807) is 17.7 Å². The van der Waals surface area contributed by atoms with Gasteiger partial charge in [0.15, 0.2) is 5.13 Å². The van der Waals surface area contributed by atoms with Crippen molar-refractivity contribution < 1.29 is 4.74 Å². The third-order valence-electron chi connectivity index (χ3n) is 4.46. The standard InChI is InChI=1S/C19H17N5OS/c1-2-4-15-14(3-1)18(21-12-20-15)22-13-5-6-16-17(11-13)26-19(23-16)24-7-9-25-10-8-24/h1-6,11-12H,7-10H2,(H,20,21,22). The van der Waals surface area contributed by atoms with E-state index in [0.29, 0.717) is 0 Å². The molecular formula is C19H17N5OS. The largest absolute Gasteiger partial charge is 0.378 e. The molecule has 1 aliphatic heterocycles. The van der Waals surface area contributed by atoms with Gasteiger partial charge in [-0.25, -0.2) is 15.0 Å². The number of rotatable bonds is 3. The van der Waals surface area contributed by atoms with Crippen LogP contribution in [0.2, 0.25) is 0 Å². The highest BCUT2D eigenvalue weighted by Crippen LogP contribution is 2.32. The third-order valence-corrected chi connectivity index (χ3v) is 5.54. The molecule has 0 radical (unpaired) electrons. The topological polar surface area (TPSA) is 63.2 Å². The van der Waals surface area contributed by atoms with Crippen molar-refractivity contribution in [3.05, 3.63) is 48.8 Å². The van der Waals surface area contributed by atoms with Crippen molar-refractivity contribution in [2.45, 2.75) is 0 Å². The van der Waals surface area contributed by atoms with Crippen molar-refractivity contribution >= 4 is 49.1 Å². The summed E-state index contributed by atoms with van der Waals surface area (Å²) in [5.74, 6) is 0.813. The molecule has 3 heterocycles. The maximum absolute atomic E-state index is 5.43. The Hall–Kier alpha value is -2.77. The molecule has 130 valence electrons. The molecule has 2 aromatic heterocycles. The smallest absolute Gasteiger partial charge is 0.186 e. The SMILES string of the molecule is c1ccc2c(Nc3ccc4nc(N5CCOCC5)sc4c3)ncnc2c1. The van der Waals surface area contributed by atoms with E-state index in [9.17, 15) is 0 Å². The molecule has 6 nitrogen and oxygen atoms in total. The predicted octanol–water partition coefficient (Wildman–Crippen LogP) is 3.82. The first-order valence-electron chi connectivity index (χ1n) is 8.57. The highest BCUT2D eigenvalue weighted by atomic mass is 32.1. The lowest BCUT2D eigenvalue weighted by atomic mass is 10.2. The molecule has 2 aromatic carbocycles. The Labute approximate surface area is 154 Å². The Bertz CT molecular complexity index is 1070. The van der Waals surface area contributed by atoms with Crippen LogP contribution >= 0.6 is 11.3 Å². The summed E-state index contributed by atoms with van der Waals surface area (Å²) in [7, 11) is 0. The van der Waals surface area contributed by atoms with Crippen LogP contribution in [0.15, 0.2) is 48.8 Å². The van der Waals surface area contributed by atoms with Gasteiger partial charge >= 0.3 is 0 Å². The highest BCUT2D eigenvalue weighted by molar-refractivity contribution is 7.22. The quantitative estimate of drug-likeness (QED) is 0.597. The second-order valence-electron chi connectivity index (χ2n) is 6.14. The molecule has 26 heavy (non-hydrogen) atoms. The molecule has 7 heteroatoms. The van der Waals surface area contributed by atoms with Crippen LogP contribution in [0.3, 0.4) is 0 Å². The van der Waals surface area contributed by atoms with Gasteiger partial charge in [-0.1, -0.05) is 23.5 Å². The molecule has 4 aromatic rings. The van der Waals surface area contributed by atoms with Gasteiger partial charge < -0.3 is 15.0 Å². The number of morpholine rings is 1. The normalized spacial score (nSPS) is 14.8. The number of hydrogen-bond donors (Lipinski definition) is 1. The molecule has 0 spiro atoms. The summed E-state index contributed by atoms with van der Waals surface area (Å²) in [4.78, 5) is 15.8. The Kier molecular flexibility index (Phi) is 3.88. The highest BCUT2D eigenvalue weighted by Gasteiger charge is 2.15. The fourth-order valence-corrected chi connectivity index (χ4v) is 4.18. The van der Waals surface area contributed by atoms with Crippen LogP contribution in [0.5, 0.6) is 0 Å². The van der Waals surface area contributed by atoms with Gasteiger partial charge in [0.25, 0.3) is 0 Å². The summed E-state index contributed by atoms with van der Waals surface area (Å²) in [6.45, 7) is 3.34. The first kappa shape index (κ1) is 15.5. The van der Waals surface area contributed by atoms with Crippen molar-refractivity contribution in [2.24, 2.45) is 0 Å². The summed E-state index contributed by atoms with van der Waals surface area (Å²) < 4.78 is 6.59. The van der Waals surface area contributed by atoms with Gasteiger partial charge in [-0.3, -0.25) is 0 Å². The summed E-state index contributed by atoms with van der Waals surface area (Å²) in [5, 5.41) is 5.49. The van der Waals surface area contributed by atoms with E-state index in [1.807, 2.05) is 30.3 Å². The summed E-state index contributed by atoms with van der Waals surface area (Å²) in [6.07, 6.45) is 1.59. The van der Waals surface area contributed by atoms with Crippen molar-refractivity contribution in [3.8, 4) is 0 Å². The monoisotopic (exact) mass is 363 g/mol. The van der Waals surface area contributed by atoms with Gasteiger partial charge in [-0.05, 0) is 30.3 Å². The Morgan fingerprint density at radius 1 is 1.00 bits per heavy atom. The minimum Gasteiger partial charge on any atom is -0.378 e. The number of aromatic nitrogens is 3. The van der Waals surface area contributed by atoms with Gasteiger partial charge in [0.2, 0.25) is 0 Å². The number of thiazole rings is 1. The lowest BCUT2D eigenvalue weighted by Gasteiger charge is -2.25. The Balaban J connectivity index is 1.47. The van der Waals surface area contributed by atoms with Crippen LogP contribution in [0.4, 0.5) is 16.6 Å². The fourth-order valence-electron chi connectivity index (χ4n) is 3.12. The number of hydrogen-bond acceptors (Lipinski definition) is 7. The van der Waals surface area contributed by atoms with E-state index < -0.39 is 0 Å². The number of fused-ring (bicyclic) bond motifs is 2. The van der Waals surface area contributed by atoms with Crippen LogP contribution < -0.4 is 10.2 Å². The second-order valence-corrected chi connectivity index (χ2v) is 7.15. The van der Waals surface area contributed by atoms with Crippen molar-refractivity contribution in [1.29, 1.82) is 0 Å². The van der Waals surface area contributed by atoms with E-state index in [-0.39, 0.29) is 0 Å². The molecule has 1 fully saturated rings. The van der Waals surface area contributed by atoms with Gasteiger partial charge in [-0.15, -0.1) is 0 Å². The van der Waals surface area contributed by atoms with Crippen molar-refractivity contribution in [2.75, 3.05) is 36.5 Å². The first-order chi connectivity index (χ1) is 12.9. The number of nitrogens with one attached hydrogen (secondary N) is 1. The maximum Gasteiger partial charge on any atom is 0.186 e. The average Bonchev–Trinajstić information content (AvgIpc) is 3.12. The molecule has 1 saturated heterocycles. The molecule has 0 amide bonds. The van der Waals surface area contributed by atoms with Crippen LogP contribution in [-0.2, 0) is 4.74 Å². The van der Waals surface area contributed by atoms with Gasteiger partial charge in [-0.2, -0.15) is 0 Å². The number of ether oxygens (including phenoxy) is 1. The number of nitrogens with zero attached hydrogens (tertiary/aromatic N) is 4. The molecule has 0 bridgehead atoms. The zero-order valence-electron chi connectivity index (χ0n) is 14.1. The van der Waals surface area contributed by atoms with Gasteiger partial charge in [0.05, 0.1) is 28.9 Å². The van der Waals surface area contributed by atoms with Crippen LogP contribution in [0, 0.1) is 0 Å². The molecule has 5 rings (SSSR count). The van der Waals surface area contributed by atoms with E-state index in [0.717, 1.165) is 64.1 Å². The number of anilines is 3. The maximum atomic E-state index is 5.43. The molecular weight excluding hydrogens is 346 g/mol. The molecule has 1 aliphatic rings. The zero-order valence-corrected chi connectivity index (χ0v) is 14.9. The van der Waals surface area contributed by atoms with Crippen molar-refractivity contribution in [1.82, 2.24) is 15.0 Å². The molecule has 1 N–H and O–H groups in total. The Morgan fingerprint density at radius 2 is 1.88 bits per heavy atom. The molecule has 0 saturated carbocycles. The van der Waals surface area contributed by atoms with Crippen LogP contribution in [0.1, 0.15) is 0 Å². The average molecular weight is 363 g/mol. The number of para-hydroxylation sites is 1. The molecule has 0 unspecified atom stereocenters. The van der Waals surface area contributed by atoms with E-state index in [2.05, 4.69) is 32.3 Å². The summed E-state index contributed by atoms with van der Waals surface area (Å²) >= 11 is 1.72. The lowest BCUT2D eigenvalue weighted by molar-refractivity contribution is 0.122. The minimum absolute atomic E-state index is 0.767. The zero-order chi connectivity index (χ0) is 17.3. The lowest BCUT2D eigenvalue weighted by Crippen LogP contribution is -2.36. The van der Waals surface area contributed by atoms with Gasteiger partial charge in [0.1, 0.15) is 12.1 Å². The molecule has 0 atom stereocenters. The van der Waals surface area contributed by atoms with Crippen LogP contribution in [0.25, 0.3) is 21.1 Å².